The smallest absolute Gasteiger partial charge is 0.252 e. The predicted octanol–water partition coefficient (Wildman–Crippen LogP) is 2.57. The third kappa shape index (κ3) is 5.30. The first kappa shape index (κ1) is 19.4. The molecule has 1 fully saturated rings. The summed E-state index contributed by atoms with van der Waals surface area (Å²) in [6, 6.07) is 7.40. The van der Waals surface area contributed by atoms with Crippen LogP contribution in [0.15, 0.2) is 24.3 Å². The normalized spacial score (nSPS) is 17.0. The highest BCUT2D eigenvalue weighted by Crippen LogP contribution is 2.29. The van der Waals surface area contributed by atoms with E-state index in [1.807, 2.05) is 12.1 Å². The molecule has 2 rings (SSSR count). The minimum atomic E-state index is -0.788. The van der Waals surface area contributed by atoms with Crippen LogP contribution < -0.4 is 10.6 Å². The van der Waals surface area contributed by atoms with Crippen molar-refractivity contribution in [3.63, 3.8) is 0 Å². The van der Waals surface area contributed by atoms with Gasteiger partial charge in [0.2, 0.25) is 5.91 Å². The van der Waals surface area contributed by atoms with Crippen molar-refractivity contribution in [2.24, 2.45) is 0 Å². The van der Waals surface area contributed by atoms with Crippen LogP contribution in [-0.4, -0.2) is 35.1 Å². The van der Waals surface area contributed by atoms with Gasteiger partial charge in [-0.2, -0.15) is 0 Å². The van der Waals surface area contributed by atoms with Crippen LogP contribution in [0.3, 0.4) is 0 Å². The number of hydrogen-bond acceptors (Lipinski definition) is 3. The molecule has 0 aliphatic heterocycles. The molecule has 0 saturated heterocycles. The number of carbonyl (C=O) groups excluding carboxylic acids is 2. The molecule has 1 aliphatic rings. The van der Waals surface area contributed by atoms with Gasteiger partial charge in [0.1, 0.15) is 5.54 Å². The highest BCUT2D eigenvalue weighted by molar-refractivity contribution is 5.99. The second-order valence-corrected chi connectivity index (χ2v) is 7.69. The Labute approximate surface area is 150 Å². The first-order valence-electron chi connectivity index (χ1n) is 9.12. The highest BCUT2D eigenvalue weighted by atomic mass is 16.3. The van der Waals surface area contributed by atoms with Crippen molar-refractivity contribution in [3.05, 3.63) is 35.4 Å². The number of benzene rings is 1. The van der Waals surface area contributed by atoms with E-state index >= 15 is 0 Å². The lowest BCUT2D eigenvalue weighted by Gasteiger charge is -2.36. The molecule has 3 N–H and O–H groups in total. The van der Waals surface area contributed by atoms with Crippen LogP contribution in [0.2, 0.25) is 0 Å². The fourth-order valence-electron chi connectivity index (χ4n) is 3.37. The first-order valence-corrected chi connectivity index (χ1v) is 9.12. The zero-order valence-corrected chi connectivity index (χ0v) is 15.5. The maximum Gasteiger partial charge on any atom is 0.252 e. The van der Waals surface area contributed by atoms with E-state index in [1.165, 1.54) is 0 Å². The van der Waals surface area contributed by atoms with E-state index in [1.54, 1.807) is 33.0 Å². The third-order valence-corrected chi connectivity index (χ3v) is 4.96. The summed E-state index contributed by atoms with van der Waals surface area (Å²) in [5, 5.41) is 15.5. The number of rotatable bonds is 6. The fraction of sp³-hybridized carbons (Fsp3) is 0.600. The van der Waals surface area contributed by atoms with E-state index < -0.39 is 11.1 Å². The number of aryl methyl sites for hydroxylation is 1. The van der Waals surface area contributed by atoms with Gasteiger partial charge < -0.3 is 15.7 Å². The summed E-state index contributed by atoms with van der Waals surface area (Å²) in [4.78, 5) is 25.0. The molecule has 5 nitrogen and oxygen atoms in total. The van der Waals surface area contributed by atoms with E-state index in [0.29, 0.717) is 24.8 Å². The van der Waals surface area contributed by atoms with Crippen molar-refractivity contribution in [1.29, 1.82) is 0 Å². The molecular formula is C20H30N2O3. The lowest BCUT2D eigenvalue weighted by molar-refractivity contribution is -0.128. The summed E-state index contributed by atoms with van der Waals surface area (Å²) in [5.41, 5.74) is 0.152. The predicted molar refractivity (Wildman–Crippen MR) is 98.4 cm³/mol. The quantitative estimate of drug-likeness (QED) is 0.741. The Morgan fingerprint density at radius 3 is 2.24 bits per heavy atom. The maximum absolute atomic E-state index is 12.6. The molecule has 5 heteroatoms. The molecule has 0 radical (unpaired) electrons. The topological polar surface area (TPSA) is 78.4 Å². The summed E-state index contributed by atoms with van der Waals surface area (Å²) in [6.07, 6.45) is 5.79. The SMILES string of the molecule is CNC(=O)C1(NC(=O)c2ccc(CCC(C)(C)O)cc2)CCCCC1. The number of likely N-dealkylation sites (N-methyl/N-ethyl adjacent to an activating group) is 1. The summed E-state index contributed by atoms with van der Waals surface area (Å²) >= 11 is 0. The largest absolute Gasteiger partial charge is 0.390 e. The van der Waals surface area contributed by atoms with E-state index in [0.717, 1.165) is 31.2 Å². The molecule has 0 aromatic heterocycles. The summed E-state index contributed by atoms with van der Waals surface area (Å²) in [6.45, 7) is 3.58. The third-order valence-electron chi connectivity index (χ3n) is 4.96. The van der Waals surface area contributed by atoms with Gasteiger partial charge in [-0.05, 0) is 57.2 Å². The van der Waals surface area contributed by atoms with Gasteiger partial charge in [-0.25, -0.2) is 0 Å². The minimum Gasteiger partial charge on any atom is -0.390 e. The van der Waals surface area contributed by atoms with Crippen molar-refractivity contribution in [1.82, 2.24) is 10.6 Å². The minimum absolute atomic E-state index is 0.109. The van der Waals surface area contributed by atoms with Crippen LogP contribution in [0.1, 0.15) is 68.3 Å². The zero-order valence-electron chi connectivity index (χ0n) is 15.5. The van der Waals surface area contributed by atoms with Gasteiger partial charge in [-0.15, -0.1) is 0 Å². The van der Waals surface area contributed by atoms with Crippen LogP contribution in [0.25, 0.3) is 0 Å². The zero-order chi connectivity index (χ0) is 18.5. The molecule has 1 aromatic rings. The molecule has 0 unspecified atom stereocenters. The Hall–Kier alpha value is -1.88. The van der Waals surface area contributed by atoms with E-state index in [9.17, 15) is 14.7 Å². The van der Waals surface area contributed by atoms with Gasteiger partial charge in [0.05, 0.1) is 5.60 Å². The van der Waals surface area contributed by atoms with Gasteiger partial charge in [-0.1, -0.05) is 31.4 Å². The standard InChI is InChI=1S/C20H30N2O3/c1-19(2,25)14-11-15-7-9-16(10-8-15)17(23)22-20(18(24)21-3)12-5-4-6-13-20/h7-10,25H,4-6,11-14H2,1-3H3,(H,21,24)(H,22,23). The number of hydrogen-bond donors (Lipinski definition) is 3. The molecule has 0 heterocycles. The molecule has 25 heavy (non-hydrogen) atoms. The van der Waals surface area contributed by atoms with E-state index in [2.05, 4.69) is 10.6 Å². The molecular weight excluding hydrogens is 316 g/mol. The van der Waals surface area contributed by atoms with Crippen LogP contribution in [0.5, 0.6) is 0 Å². The molecule has 1 aliphatic carbocycles. The van der Waals surface area contributed by atoms with Crippen LogP contribution in [-0.2, 0) is 11.2 Å². The second-order valence-electron chi connectivity index (χ2n) is 7.69. The first-order chi connectivity index (χ1) is 11.8. The number of amides is 2. The summed E-state index contributed by atoms with van der Waals surface area (Å²) < 4.78 is 0. The Morgan fingerprint density at radius 1 is 1.12 bits per heavy atom. The van der Waals surface area contributed by atoms with Crippen molar-refractivity contribution in [2.75, 3.05) is 7.05 Å². The second kappa shape index (κ2) is 8.00. The van der Waals surface area contributed by atoms with Crippen LogP contribution in [0, 0.1) is 0 Å². The lowest BCUT2D eigenvalue weighted by atomic mass is 9.80. The van der Waals surface area contributed by atoms with Gasteiger partial charge in [0, 0.05) is 12.6 Å². The Balaban J connectivity index is 2.05. The monoisotopic (exact) mass is 346 g/mol. The Bertz CT molecular complexity index is 596. The van der Waals surface area contributed by atoms with Crippen LogP contribution in [0.4, 0.5) is 0 Å². The van der Waals surface area contributed by atoms with Crippen molar-refractivity contribution in [3.8, 4) is 0 Å². The van der Waals surface area contributed by atoms with E-state index in [4.69, 9.17) is 0 Å². The van der Waals surface area contributed by atoms with Gasteiger partial charge in [0.15, 0.2) is 0 Å². The van der Waals surface area contributed by atoms with E-state index in [-0.39, 0.29) is 11.8 Å². The molecule has 1 saturated carbocycles. The number of carbonyl (C=O) groups is 2. The Morgan fingerprint density at radius 2 is 1.72 bits per heavy atom. The molecule has 0 spiro atoms. The Kier molecular flexibility index (Phi) is 6.22. The van der Waals surface area contributed by atoms with Gasteiger partial charge in [0.25, 0.3) is 5.91 Å². The lowest BCUT2D eigenvalue weighted by Crippen LogP contribution is -2.59. The fourth-order valence-corrected chi connectivity index (χ4v) is 3.37. The molecule has 138 valence electrons. The summed E-state index contributed by atoms with van der Waals surface area (Å²) in [7, 11) is 1.61. The maximum atomic E-state index is 12.6. The average molecular weight is 346 g/mol. The number of aliphatic hydroxyl groups is 1. The van der Waals surface area contributed by atoms with Crippen LogP contribution >= 0.6 is 0 Å². The van der Waals surface area contributed by atoms with Gasteiger partial charge >= 0.3 is 0 Å². The number of nitrogens with one attached hydrogen (secondary N) is 2. The average Bonchev–Trinajstić information content (AvgIpc) is 2.59. The molecule has 1 aromatic carbocycles. The van der Waals surface area contributed by atoms with Crippen molar-refractivity contribution in [2.45, 2.75) is 69.9 Å². The van der Waals surface area contributed by atoms with Gasteiger partial charge in [-0.3, -0.25) is 9.59 Å². The molecule has 0 bridgehead atoms. The highest BCUT2D eigenvalue weighted by Gasteiger charge is 2.40. The van der Waals surface area contributed by atoms with Crippen molar-refractivity contribution >= 4 is 11.8 Å². The molecule has 2 amide bonds. The van der Waals surface area contributed by atoms with Crippen molar-refractivity contribution < 1.29 is 14.7 Å². The summed E-state index contributed by atoms with van der Waals surface area (Å²) in [5.74, 6) is -0.318. The molecule has 0 atom stereocenters.